The number of aromatic nitrogens is 1. The molecular weight excluding hydrogens is 312 g/mol. The van der Waals surface area contributed by atoms with E-state index in [9.17, 15) is 4.79 Å². The molecule has 1 N–H and O–H groups in total. The van der Waals surface area contributed by atoms with Gasteiger partial charge in [0.1, 0.15) is 5.75 Å². The molecular formula is C18H16ClN2O2+. The molecule has 2 aromatic carbocycles. The van der Waals surface area contributed by atoms with E-state index in [2.05, 4.69) is 5.32 Å². The lowest BCUT2D eigenvalue weighted by molar-refractivity contribution is -0.682. The highest BCUT2D eigenvalue weighted by Crippen LogP contribution is 2.27. The van der Waals surface area contributed by atoms with Crippen molar-refractivity contribution in [3.8, 4) is 5.75 Å². The van der Waals surface area contributed by atoms with Gasteiger partial charge in [-0.05, 0) is 29.7 Å². The van der Waals surface area contributed by atoms with Gasteiger partial charge in [0.25, 0.3) is 5.91 Å². The summed E-state index contributed by atoms with van der Waals surface area (Å²) in [5.41, 5.74) is 0.641. The van der Waals surface area contributed by atoms with Crippen molar-refractivity contribution in [3.05, 3.63) is 65.9 Å². The van der Waals surface area contributed by atoms with Gasteiger partial charge in [0.15, 0.2) is 12.4 Å². The molecule has 1 amide bonds. The van der Waals surface area contributed by atoms with Crippen LogP contribution in [0.3, 0.4) is 0 Å². The van der Waals surface area contributed by atoms with Crippen LogP contribution in [0, 0.1) is 0 Å². The number of pyridine rings is 1. The summed E-state index contributed by atoms with van der Waals surface area (Å²) in [6.07, 6.45) is 3.85. The van der Waals surface area contributed by atoms with Crippen molar-refractivity contribution in [2.24, 2.45) is 0 Å². The van der Waals surface area contributed by atoms with E-state index in [1.54, 1.807) is 25.3 Å². The zero-order valence-corrected chi connectivity index (χ0v) is 13.4. The molecule has 4 nitrogen and oxygen atoms in total. The second-order valence-corrected chi connectivity index (χ2v) is 5.55. The van der Waals surface area contributed by atoms with E-state index in [0.29, 0.717) is 16.5 Å². The number of anilines is 1. The third-order valence-electron chi connectivity index (χ3n) is 3.51. The summed E-state index contributed by atoms with van der Waals surface area (Å²) in [6.45, 7) is 0.231. The van der Waals surface area contributed by atoms with E-state index in [1.807, 2.05) is 47.3 Å². The highest BCUT2D eigenvalue weighted by atomic mass is 35.5. The quantitative estimate of drug-likeness (QED) is 0.746. The predicted molar refractivity (Wildman–Crippen MR) is 90.8 cm³/mol. The van der Waals surface area contributed by atoms with Crippen molar-refractivity contribution in [3.63, 3.8) is 0 Å². The van der Waals surface area contributed by atoms with E-state index < -0.39 is 0 Å². The SMILES string of the molecule is COc1ccc(NC(=O)C[n+]2ccc3ccccc3c2)cc1Cl. The number of halogens is 1. The first-order valence-corrected chi connectivity index (χ1v) is 7.55. The number of carbonyl (C=O) groups excluding carboxylic acids is 1. The molecule has 0 unspecified atom stereocenters. The van der Waals surface area contributed by atoms with Crippen LogP contribution in [0.5, 0.6) is 5.75 Å². The number of methoxy groups -OCH3 is 1. The standard InChI is InChI=1S/C18H15ClN2O2/c1-23-17-7-6-15(10-16(17)19)20-18(22)12-21-9-8-13-4-2-3-5-14(13)11-21/h2-11H,12H2,1H3/p+1. The zero-order chi connectivity index (χ0) is 16.2. The summed E-state index contributed by atoms with van der Waals surface area (Å²) in [7, 11) is 1.55. The van der Waals surface area contributed by atoms with Gasteiger partial charge in [0, 0.05) is 17.1 Å². The first-order chi connectivity index (χ1) is 11.2. The van der Waals surface area contributed by atoms with Gasteiger partial charge in [0.2, 0.25) is 6.54 Å². The second kappa shape index (κ2) is 6.67. The average molecular weight is 328 g/mol. The largest absolute Gasteiger partial charge is 0.495 e. The molecule has 3 rings (SSSR count). The Balaban J connectivity index is 1.71. The van der Waals surface area contributed by atoms with Gasteiger partial charge in [-0.15, -0.1) is 0 Å². The number of rotatable bonds is 4. The van der Waals surface area contributed by atoms with Crippen LogP contribution in [0.25, 0.3) is 10.8 Å². The van der Waals surface area contributed by atoms with Crippen LogP contribution in [0.15, 0.2) is 60.9 Å². The van der Waals surface area contributed by atoms with Crippen LogP contribution in [0.4, 0.5) is 5.69 Å². The monoisotopic (exact) mass is 327 g/mol. The Bertz CT molecular complexity index is 865. The number of benzene rings is 2. The van der Waals surface area contributed by atoms with Gasteiger partial charge in [-0.2, -0.15) is 4.57 Å². The van der Waals surface area contributed by atoms with Crippen LogP contribution in [-0.2, 0) is 11.3 Å². The van der Waals surface area contributed by atoms with Gasteiger partial charge in [-0.1, -0.05) is 29.8 Å². The third kappa shape index (κ3) is 3.60. The maximum atomic E-state index is 12.2. The Morgan fingerprint density at radius 2 is 1.96 bits per heavy atom. The number of hydrogen-bond donors (Lipinski definition) is 1. The topological polar surface area (TPSA) is 42.2 Å². The summed E-state index contributed by atoms with van der Waals surface area (Å²) >= 11 is 6.06. The third-order valence-corrected chi connectivity index (χ3v) is 3.80. The number of nitrogens with one attached hydrogen (secondary N) is 1. The molecule has 0 aliphatic heterocycles. The van der Waals surface area contributed by atoms with E-state index >= 15 is 0 Å². The Kier molecular flexibility index (Phi) is 4.44. The fourth-order valence-corrected chi connectivity index (χ4v) is 2.64. The summed E-state index contributed by atoms with van der Waals surface area (Å²) in [5.74, 6) is 0.458. The highest BCUT2D eigenvalue weighted by molar-refractivity contribution is 6.32. The fourth-order valence-electron chi connectivity index (χ4n) is 2.39. The van der Waals surface area contributed by atoms with Gasteiger partial charge in [-0.25, -0.2) is 0 Å². The van der Waals surface area contributed by atoms with Crippen molar-refractivity contribution in [2.45, 2.75) is 6.54 Å². The van der Waals surface area contributed by atoms with Gasteiger partial charge >= 0.3 is 0 Å². The summed E-state index contributed by atoms with van der Waals surface area (Å²) in [5, 5.41) is 5.53. The van der Waals surface area contributed by atoms with Crippen molar-refractivity contribution < 1.29 is 14.1 Å². The minimum atomic E-state index is -0.119. The Morgan fingerprint density at radius 1 is 1.17 bits per heavy atom. The molecule has 0 spiro atoms. The molecule has 1 aromatic heterocycles. The van der Waals surface area contributed by atoms with Crippen molar-refractivity contribution in [1.82, 2.24) is 0 Å². The van der Waals surface area contributed by atoms with Gasteiger partial charge < -0.3 is 10.1 Å². The number of fused-ring (bicyclic) bond motifs is 1. The Morgan fingerprint density at radius 3 is 2.70 bits per heavy atom. The smallest absolute Gasteiger partial charge is 0.290 e. The average Bonchev–Trinajstić information content (AvgIpc) is 2.55. The van der Waals surface area contributed by atoms with Crippen LogP contribution in [0.2, 0.25) is 5.02 Å². The molecule has 0 fully saturated rings. The van der Waals surface area contributed by atoms with Crippen LogP contribution in [0.1, 0.15) is 0 Å². The first kappa shape index (κ1) is 15.3. The summed E-state index contributed by atoms with van der Waals surface area (Å²) < 4.78 is 6.94. The number of nitrogens with zero attached hydrogens (tertiary/aromatic N) is 1. The minimum absolute atomic E-state index is 0.119. The molecule has 3 aromatic rings. The molecule has 1 heterocycles. The Labute approximate surface area is 139 Å². The summed E-state index contributed by atoms with van der Waals surface area (Å²) in [6, 6.07) is 15.2. The van der Waals surface area contributed by atoms with Crippen molar-refractivity contribution in [2.75, 3.05) is 12.4 Å². The van der Waals surface area contributed by atoms with Crippen molar-refractivity contribution >= 4 is 34.0 Å². The second-order valence-electron chi connectivity index (χ2n) is 5.14. The van der Waals surface area contributed by atoms with Crippen LogP contribution in [-0.4, -0.2) is 13.0 Å². The van der Waals surface area contributed by atoms with Crippen LogP contribution < -0.4 is 14.6 Å². The lowest BCUT2D eigenvalue weighted by Gasteiger charge is -2.07. The molecule has 0 radical (unpaired) electrons. The molecule has 5 heteroatoms. The molecule has 23 heavy (non-hydrogen) atoms. The van der Waals surface area contributed by atoms with Gasteiger partial charge in [0.05, 0.1) is 12.1 Å². The predicted octanol–water partition coefficient (Wildman–Crippen LogP) is 3.43. The van der Waals surface area contributed by atoms with Crippen LogP contribution >= 0.6 is 11.6 Å². The molecule has 0 saturated carbocycles. The molecule has 0 aliphatic carbocycles. The number of carbonyl (C=O) groups is 1. The van der Waals surface area contributed by atoms with E-state index in [0.717, 1.165) is 10.8 Å². The maximum Gasteiger partial charge on any atom is 0.290 e. The Hall–Kier alpha value is -2.59. The number of ether oxygens (including phenoxy) is 1. The molecule has 0 bridgehead atoms. The molecule has 0 saturated heterocycles. The zero-order valence-electron chi connectivity index (χ0n) is 12.6. The molecule has 116 valence electrons. The lowest BCUT2D eigenvalue weighted by atomic mass is 10.2. The van der Waals surface area contributed by atoms with E-state index in [-0.39, 0.29) is 12.5 Å². The summed E-state index contributed by atoms with van der Waals surface area (Å²) in [4.78, 5) is 12.2. The minimum Gasteiger partial charge on any atom is -0.495 e. The first-order valence-electron chi connectivity index (χ1n) is 7.17. The highest BCUT2D eigenvalue weighted by Gasteiger charge is 2.11. The number of hydrogen-bond acceptors (Lipinski definition) is 2. The fraction of sp³-hybridized carbons (Fsp3) is 0.111. The number of amides is 1. The van der Waals surface area contributed by atoms with E-state index in [4.69, 9.17) is 16.3 Å². The normalized spacial score (nSPS) is 10.5. The molecule has 0 atom stereocenters. The maximum absolute atomic E-state index is 12.2. The van der Waals surface area contributed by atoms with Crippen molar-refractivity contribution in [1.29, 1.82) is 0 Å². The van der Waals surface area contributed by atoms with Gasteiger partial charge in [-0.3, -0.25) is 4.79 Å². The molecule has 0 aliphatic rings. The van der Waals surface area contributed by atoms with E-state index in [1.165, 1.54) is 0 Å². The lowest BCUT2D eigenvalue weighted by Crippen LogP contribution is -2.39.